The van der Waals surface area contributed by atoms with Gasteiger partial charge in [0.05, 0.1) is 6.33 Å². The van der Waals surface area contributed by atoms with Crippen molar-refractivity contribution in [3.8, 4) is 11.6 Å². The average Bonchev–Trinajstić information content (AvgIpc) is 2.86. The summed E-state index contributed by atoms with van der Waals surface area (Å²) >= 11 is 0. The number of nitrogen functional groups attached to an aromatic ring is 1. The first-order valence-corrected chi connectivity index (χ1v) is 4.27. The van der Waals surface area contributed by atoms with Crippen LogP contribution in [0.1, 0.15) is 0 Å². The minimum absolute atomic E-state index is 0.161. The molecule has 0 atom stereocenters. The molecule has 0 saturated heterocycles. The van der Waals surface area contributed by atoms with Crippen molar-refractivity contribution in [1.29, 1.82) is 0 Å². The van der Waals surface area contributed by atoms with E-state index in [0.29, 0.717) is 22.7 Å². The Balaban J connectivity index is 2.38. The van der Waals surface area contributed by atoms with Gasteiger partial charge in [0, 0.05) is 0 Å². The highest BCUT2D eigenvalue weighted by atomic mass is 16.3. The van der Waals surface area contributed by atoms with E-state index in [9.17, 15) is 0 Å². The first-order chi connectivity index (χ1) is 7.34. The van der Waals surface area contributed by atoms with Gasteiger partial charge in [0.15, 0.2) is 11.9 Å². The Morgan fingerprint density at radius 2 is 2.33 bits per heavy atom. The summed E-state index contributed by atoms with van der Waals surface area (Å²) < 4.78 is 5.20. The van der Waals surface area contributed by atoms with E-state index in [1.165, 1.54) is 12.6 Å². The normalized spacial score (nSPS) is 10.9. The lowest BCUT2D eigenvalue weighted by Gasteiger charge is -1.94. The topological polar surface area (TPSA) is 108 Å². The average molecular weight is 203 g/mol. The van der Waals surface area contributed by atoms with Crippen LogP contribution in [0.4, 0.5) is 5.95 Å². The van der Waals surface area contributed by atoms with Gasteiger partial charge in [-0.2, -0.15) is 9.97 Å². The summed E-state index contributed by atoms with van der Waals surface area (Å²) in [6.45, 7) is 0. The van der Waals surface area contributed by atoms with Crippen LogP contribution in [0.5, 0.6) is 0 Å². The van der Waals surface area contributed by atoms with Crippen molar-refractivity contribution in [1.82, 2.24) is 19.9 Å². The number of hydrogen-bond donors (Lipinski definition) is 2. The Kier molecular flexibility index (Phi) is 1.46. The second kappa shape index (κ2) is 2.77. The molecule has 3 heterocycles. The number of nitrogens with zero attached hydrogens (tertiary/aromatic N) is 3. The first kappa shape index (κ1) is 7.92. The van der Waals surface area contributed by atoms with Crippen molar-refractivity contribution in [2.24, 2.45) is 0 Å². The largest absolute Gasteiger partial charge is 0.405 e. The summed E-state index contributed by atoms with van der Waals surface area (Å²) in [6.07, 6.45) is 4.72. The molecule has 7 heteroatoms. The number of aromatic nitrogens is 5. The maximum atomic E-state index is 5.56. The van der Waals surface area contributed by atoms with Crippen LogP contribution in [-0.4, -0.2) is 19.9 Å². The fraction of sp³-hybridized carbons (Fsp3) is 0. The Labute approximate surface area is 83.4 Å². The van der Waals surface area contributed by atoms with E-state index in [1.54, 1.807) is 6.20 Å². The van der Waals surface area contributed by atoms with E-state index < -0.39 is 0 Å². The molecule has 0 amide bonds. The third-order valence-electron chi connectivity index (χ3n) is 1.99. The molecule has 0 aliphatic rings. The summed E-state index contributed by atoms with van der Waals surface area (Å²) in [6, 6.07) is 0. The van der Waals surface area contributed by atoms with Crippen LogP contribution in [0.15, 0.2) is 23.2 Å². The molecule has 0 aliphatic carbocycles. The summed E-state index contributed by atoms with van der Waals surface area (Å²) in [7, 11) is 0. The first-order valence-electron chi connectivity index (χ1n) is 4.27. The van der Waals surface area contributed by atoms with Gasteiger partial charge >= 0.3 is 5.89 Å². The van der Waals surface area contributed by atoms with Crippen LogP contribution in [0, 0.1) is 0 Å². The lowest BCUT2D eigenvalue weighted by Crippen LogP contribution is -2.04. The number of fused-ring (bicyclic) bond motifs is 1. The lowest BCUT2D eigenvalue weighted by atomic mass is 10.3. The zero-order valence-electron chi connectivity index (χ0n) is 7.56. The van der Waals surface area contributed by atoms with Gasteiger partial charge in [-0.15, -0.1) is 0 Å². The molecule has 7 nitrogen and oxygen atoms in total. The molecule has 15 heavy (non-hydrogen) atoms. The minimum Gasteiger partial charge on any atom is -0.405 e. The summed E-state index contributed by atoms with van der Waals surface area (Å²) in [5, 5.41) is 0. The van der Waals surface area contributed by atoms with Crippen LogP contribution in [0.2, 0.25) is 0 Å². The van der Waals surface area contributed by atoms with Gasteiger partial charge in [-0.05, 0) is 0 Å². The van der Waals surface area contributed by atoms with Crippen LogP contribution < -0.4 is 10.7 Å². The molecular formula is C8H7N6O+. The molecule has 3 aromatic rings. The van der Waals surface area contributed by atoms with Crippen molar-refractivity contribution in [3.05, 3.63) is 18.8 Å². The minimum atomic E-state index is 0.161. The van der Waals surface area contributed by atoms with E-state index >= 15 is 0 Å². The molecule has 3 rings (SSSR count). The molecule has 0 aromatic carbocycles. The molecule has 4 N–H and O–H groups in total. The van der Waals surface area contributed by atoms with Crippen molar-refractivity contribution in [3.63, 3.8) is 0 Å². The van der Waals surface area contributed by atoms with Crippen LogP contribution >= 0.6 is 0 Å². The Bertz CT molecular complexity index is 599. The van der Waals surface area contributed by atoms with Crippen LogP contribution in [-0.2, 0) is 0 Å². The quantitative estimate of drug-likeness (QED) is 0.579. The zero-order chi connectivity index (χ0) is 10.3. The maximum Gasteiger partial charge on any atom is 0.400 e. The molecule has 0 radical (unpaired) electrons. The van der Waals surface area contributed by atoms with Gasteiger partial charge in [0.1, 0.15) is 5.52 Å². The van der Waals surface area contributed by atoms with Gasteiger partial charge in [-0.25, -0.2) is 9.97 Å². The third-order valence-corrected chi connectivity index (χ3v) is 1.99. The van der Waals surface area contributed by atoms with E-state index in [4.69, 9.17) is 10.2 Å². The number of imidazole rings is 1. The number of oxazole rings is 1. The predicted octanol–water partition coefficient (Wildman–Crippen LogP) is 0.00920. The monoisotopic (exact) mass is 203 g/mol. The van der Waals surface area contributed by atoms with Gasteiger partial charge in [0.2, 0.25) is 17.8 Å². The molecule has 0 aliphatic heterocycles. The number of hydrogen-bond acceptors (Lipinski definition) is 5. The number of aromatic amines is 2. The standard InChI is InChI=1S/C8H6N6O/c9-8-13-5(7-10-1-2-15-7)4-6(14-8)12-3-11-4/h1-3H,(H3,9,11,12,13,14)/p+1. The predicted molar refractivity (Wildman–Crippen MR) is 50.4 cm³/mol. The number of nitrogens with two attached hydrogens (primary N) is 1. The number of rotatable bonds is 1. The van der Waals surface area contributed by atoms with E-state index in [2.05, 4.69) is 24.9 Å². The fourth-order valence-electron chi connectivity index (χ4n) is 1.38. The van der Waals surface area contributed by atoms with Crippen molar-refractivity contribution < 1.29 is 9.40 Å². The molecular weight excluding hydrogens is 196 g/mol. The van der Waals surface area contributed by atoms with Gasteiger partial charge < -0.3 is 15.1 Å². The van der Waals surface area contributed by atoms with Crippen molar-refractivity contribution in [2.45, 2.75) is 0 Å². The van der Waals surface area contributed by atoms with E-state index in [-0.39, 0.29) is 5.95 Å². The fourth-order valence-corrected chi connectivity index (χ4v) is 1.38. The smallest absolute Gasteiger partial charge is 0.400 e. The van der Waals surface area contributed by atoms with Crippen molar-refractivity contribution >= 4 is 17.1 Å². The number of anilines is 1. The molecule has 0 saturated carbocycles. The molecule has 0 spiro atoms. The molecule has 0 unspecified atom stereocenters. The Hall–Kier alpha value is -2.44. The SMILES string of the molecule is Nc1nc(-c2[nH+]cco2)c2[nH]cnc2n1. The number of nitrogens with one attached hydrogen (secondary N) is 2. The molecule has 74 valence electrons. The maximum absolute atomic E-state index is 5.56. The Morgan fingerprint density at radius 1 is 1.40 bits per heavy atom. The Morgan fingerprint density at radius 3 is 3.13 bits per heavy atom. The van der Waals surface area contributed by atoms with Gasteiger partial charge in [-0.1, -0.05) is 0 Å². The van der Waals surface area contributed by atoms with Gasteiger partial charge in [-0.3, -0.25) is 0 Å². The summed E-state index contributed by atoms with van der Waals surface area (Å²) in [5.74, 6) is 0.674. The van der Waals surface area contributed by atoms with Crippen molar-refractivity contribution in [2.75, 3.05) is 5.73 Å². The second-order valence-electron chi connectivity index (χ2n) is 2.93. The molecule has 0 bridgehead atoms. The number of H-pyrrole nitrogens is 2. The van der Waals surface area contributed by atoms with Crippen LogP contribution in [0.25, 0.3) is 22.7 Å². The van der Waals surface area contributed by atoms with Crippen LogP contribution in [0.3, 0.4) is 0 Å². The lowest BCUT2D eigenvalue weighted by molar-refractivity contribution is -0.368. The van der Waals surface area contributed by atoms with E-state index in [0.717, 1.165) is 0 Å². The third kappa shape index (κ3) is 1.13. The highest BCUT2D eigenvalue weighted by Crippen LogP contribution is 2.20. The van der Waals surface area contributed by atoms with E-state index in [1.807, 2.05) is 0 Å². The second-order valence-corrected chi connectivity index (χ2v) is 2.93. The summed E-state index contributed by atoms with van der Waals surface area (Å²) in [5.41, 5.74) is 7.33. The zero-order valence-corrected chi connectivity index (χ0v) is 7.56. The van der Waals surface area contributed by atoms with Gasteiger partial charge in [0.25, 0.3) is 0 Å². The highest BCUT2D eigenvalue weighted by molar-refractivity contribution is 5.84. The molecule has 0 fully saturated rings. The highest BCUT2D eigenvalue weighted by Gasteiger charge is 2.18. The summed E-state index contributed by atoms with van der Waals surface area (Å²) in [4.78, 5) is 17.9. The molecule has 3 aromatic heterocycles.